The molecular formula is C18H19BrN2O3. The lowest BCUT2D eigenvalue weighted by atomic mass is 10.0. The molecular weight excluding hydrogens is 372 g/mol. The molecule has 0 heterocycles. The van der Waals surface area contributed by atoms with Crippen LogP contribution in [0.25, 0.3) is 0 Å². The van der Waals surface area contributed by atoms with E-state index in [2.05, 4.69) is 40.3 Å². The number of hydrazone groups is 1. The van der Waals surface area contributed by atoms with Crippen LogP contribution in [0.2, 0.25) is 0 Å². The van der Waals surface area contributed by atoms with Crippen LogP contribution in [-0.2, 0) is 4.79 Å². The molecule has 126 valence electrons. The van der Waals surface area contributed by atoms with Crippen LogP contribution >= 0.6 is 15.9 Å². The van der Waals surface area contributed by atoms with E-state index in [9.17, 15) is 9.90 Å². The molecule has 0 aromatic heterocycles. The number of benzene rings is 2. The van der Waals surface area contributed by atoms with Crippen molar-refractivity contribution in [2.24, 2.45) is 5.10 Å². The number of aromatic hydroxyl groups is 1. The van der Waals surface area contributed by atoms with E-state index in [0.717, 1.165) is 4.47 Å². The first-order valence-corrected chi connectivity index (χ1v) is 8.28. The highest BCUT2D eigenvalue weighted by molar-refractivity contribution is 9.10. The zero-order valence-corrected chi connectivity index (χ0v) is 15.1. The van der Waals surface area contributed by atoms with E-state index in [-0.39, 0.29) is 18.3 Å². The molecule has 0 atom stereocenters. The van der Waals surface area contributed by atoms with Gasteiger partial charge in [-0.15, -0.1) is 0 Å². The highest BCUT2D eigenvalue weighted by atomic mass is 79.9. The summed E-state index contributed by atoms with van der Waals surface area (Å²) in [6.07, 6.45) is 1.45. The van der Waals surface area contributed by atoms with Gasteiger partial charge in [-0.05, 0) is 57.2 Å². The van der Waals surface area contributed by atoms with Gasteiger partial charge in [0.05, 0.1) is 10.7 Å². The van der Waals surface area contributed by atoms with Crippen molar-refractivity contribution < 1.29 is 14.6 Å². The Hall–Kier alpha value is -2.34. The van der Waals surface area contributed by atoms with Gasteiger partial charge in [-0.1, -0.05) is 32.0 Å². The van der Waals surface area contributed by atoms with Crippen molar-refractivity contribution >= 4 is 28.1 Å². The maximum Gasteiger partial charge on any atom is 0.277 e. The number of ether oxygens (including phenoxy) is 1. The number of nitrogens with one attached hydrogen (secondary N) is 1. The molecule has 0 bridgehead atoms. The Kier molecular flexibility index (Phi) is 6.37. The number of hydrogen-bond acceptors (Lipinski definition) is 4. The summed E-state index contributed by atoms with van der Waals surface area (Å²) in [4.78, 5) is 11.7. The second-order valence-electron chi connectivity index (χ2n) is 5.52. The molecule has 2 N–H and O–H groups in total. The lowest BCUT2D eigenvalue weighted by Crippen LogP contribution is -2.24. The van der Waals surface area contributed by atoms with Crippen LogP contribution in [-0.4, -0.2) is 23.8 Å². The predicted molar refractivity (Wildman–Crippen MR) is 97.6 cm³/mol. The Labute approximate surface area is 149 Å². The van der Waals surface area contributed by atoms with Gasteiger partial charge < -0.3 is 9.84 Å². The summed E-state index contributed by atoms with van der Waals surface area (Å²) in [7, 11) is 0. The van der Waals surface area contributed by atoms with E-state index >= 15 is 0 Å². The number of carbonyl (C=O) groups is 1. The molecule has 2 rings (SSSR count). The lowest BCUT2D eigenvalue weighted by molar-refractivity contribution is -0.123. The molecule has 0 fully saturated rings. The van der Waals surface area contributed by atoms with Crippen molar-refractivity contribution in [2.45, 2.75) is 19.8 Å². The first kappa shape index (κ1) is 18.0. The number of nitrogens with zero attached hydrogens (tertiary/aromatic N) is 1. The molecule has 5 nitrogen and oxygen atoms in total. The number of amides is 1. The third-order valence-electron chi connectivity index (χ3n) is 3.25. The Morgan fingerprint density at radius 3 is 2.79 bits per heavy atom. The molecule has 0 aliphatic rings. The van der Waals surface area contributed by atoms with E-state index in [4.69, 9.17) is 4.74 Å². The predicted octanol–water partition coefficient (Wildman–Crippen LogP) is 3.81. The number of rotatable bonds is 6. The smallest absolute Gasteiger partial charge is 0.277 e. The Balaban J connectivity index is 1.85. The molecule has 0 aliphatic heterocycles. The minimum absolute atomic E-state index is 0.142. The second-order valence-corrected chi connectivity index (χ2v) is 6.38. The van der Waals surface area contributed by atoms with Gasteiger partial charge in [0.1, 0.15) is 11.5 Å². The first-order valence-electron chi connectivity index (χ1n) is 7.49. The third-order valence-corrected chi connectivity index (χ3v) is 3.87. The topological polar surface area (TPSA) is 70.9 Å². The molecule has 0 spiro atoms. The van der Waals surface area contributed by atoms with E-state index < -0.39 is 0 Å². The van der Waals surface area contributed by atoms with E-state index in [1.807, 2.05) is 18.2 Å². The van der Waals surface area contributed by atoms with Crippen LogP contribution in [0.5, 0.6) is 11.5 Å². The van der Waals surface area contributed by atoms with Crippen molar-refractivity contribution in [1.82, 2.24) is 5.43 Å². The Bertz CT molecular complexity index is 745. The van der Waals surface area contributed by atoms with E-state index in [0.29, 0.717) is 17.2 Å². The maximum atomic E-state index is 11.7. The summed E-state index contributed by atoms with van der Waals surface area (Å²) in [5, 5.41) is 13.2. The monoisotopic (exact) mass is 390 g/mol. The summed E-state index contributed by atoms with van der Waals surface area (Å²) in [6.45, 7) is 4.08. The van der Waals surface area contributed by atoms with E-state index in [1.54, 1.807) is 24.3 Å². The highest BCUT2D eigenvalue weighted by Crippen LogP contribution is 2.28. The molecule has 6 heteroatoms. The lowest BCUT2D eigenvalue weighted by Gasteiger charge is -2.10. The van der Waals surface area contributed by atoms with Gasteiger partial charge in [0.2, 0.25) is 0 Å². The van der Waals surface area contributed by atoms with Gasteiger partial charge in [-0.3, -0.25) is 4.79 Å². The average molecular weight is 391 g/mol. The highest BCUT2D eigenvalue weighted by Gasteiger charge is 2.07. The second kappa shape index (κ2) is 8.49. The van der Waals surface area contributed by atoms with Crippen LogP contribution in [0.3, 0.4) is 0 Å². The van der Waals surface area contributed by atoms with Gasteiger partial charge in [-0.2, -0.15) is 5.10 Å². The standard InChI is InChI=1S/C18H19BrN2O3/c1-12(2)14-6-7-17(16(19)9-14)24-11-18(23)21-20-10-13-4-3-5-15(22)8-13/h3-10,12,22H,11H2,1-2H3,(H,21,23). The largest absolute Gasteiger partial charge is 0.508 e. The van der Waals surface area contributed by atoms with Crippen LogP contribution in [0, 0.1) is 0 Å². The van der Waals surface area contributed by atoms with Gasteiger partial charge >= 0.3 is 0 Å². The fourth-order valence-electron chi connectivity index (χ4n) is 1.95. The minimum atomic E-state index is -0.369. The summed E-state index contributed by atoms with van der Waals surface area (Å²) >= 11 is 3.45. The van der Waals surface area contributed by atoms with Crippen molar-refractivity contribution in [3.05, 3.63) is 58.1 Å². The van der Waals surface area contributed by atoms with Crippen molar-refractivity contribution in [1.29, 1.82) is 0 Å². The van der Waals surface area contributed by atoms with Gasteiger partial charge in [0, 0.05) is 0 Å². The van der Waals surface area contributed by atoms with Crippen LogP contribution in [0.1, 0.15) is 30.9 Å². The summed E-state index contributed by atoms with van der Waals surface area (Å²) in [5.41, 5.74) is 4.25. The molecule has 0 saturated heterocycles. The number of phenolic OH excluding ortho intramolecular Hbond substituents is 1. The fraction of sp³-hybridized carbons (Fsp3) is 0.222. The normalized spacial score (nSPS) is 11.0. The molecule has 2 aromatic rings. The minimum Gasteiger partial charge on any atom is -0.508 e. The Morgan fingerprint density at radius 1 is 1.33 bits per heavy atom. The van der Waals surface area contributed by atoms with Crippen molar-refractivity contribution in [2.75, 3.05) is 6.61 Å². The number of carbonyl (C=O) groups excluding carboxylic acids is 1. The van der Waals surface area contributed by atoms with Gasteiger partial charge in [-0.25, -0.2) is 5.43 Å². The fourth-order valence-corrected chi connectivity index (χ4v) is 2.46. The molecule has 0 unspecified atom stereocenters. The van der Waals surface area contributed by atoms with Crippen LogP contribution < -0.4 is 10.2 Å². The molecule has 2 aromatic carbocycles. The average Bonchev–Trinajstić information content (AvgIpc) is 2.53. The zero-order valence-electron chi connectivity index (χ0n) is 13.5. The zero-order chi connectivity index (χ0) is 17.5. The van der Waals surface area contributed by atoms with E-state index in [1.165, 1.54) is 11.8 Å². The molecule has 0 aliphatic carbocycles. The van der Waals surface area contributed by atoms with Crippen molar-refractivity contribution in [3.63, 3.8) is 0 Å². The Morgan fingerprint density at radius 2 is 2.12 bits per heavy atom. The molecule has 1 amide bonds. The summed E-state index contributed by atoms with van der Waals surface area (Å²) < 4.78 is 6.29. The maximum absolute atomic E-state index is 11.7. The van der Waals surface area contributed by atoms with Gasteiger partial charge in [0.15, 0.2) is 6.61 Å². The van der Waals surface area contributed by atoms with Gasteiger partial charge in [0.25, 0.3) is 5.91 Å². The number of hydrogen-bond donors (Lipinski definition) is 2. The molecule has 0 radical (unpaired) electrons. The number of phenols is 1. The molecule has 24 heavy (non-hydrogen) atoms. The van der Waals surface area contributed by atoms with Crippen LogP contribution in [0.4, 0.5) is 0 Å². The van der Waals surface area contributed by atoms with Crippen molar-refractivity contribution in [3.8, 4) is 11.5 Å². The summed E-state index contributed by atoms with van der Waals surface area (Å²) in [6, 6.07) is 12.4. The third kappa shape index (κ3) is 5.38. The number of halogens is 1. The quantitative estimate of drug-likeness (QED) is 0.581. The summed E-state index contributed by atoms with van der Waals surface area (Å²) in [5.74, 6) is 0.798. The first-order chi connectivity index (χ1) is 11.5. The SMILES string of the molecule is CC(C)c1ccc(OCC(=O)NN=Cc2cccc(O)c2)c(Br)c1. The molecule has 0 saturated carbocycles. The van der Waals surface area contributed by atoms with Crippen LogP contribution in [0.15, 0.2) is 52.0 Å².